The largest absolute Gasteiger partial charge is 0.490 e. The van der Waals surface area contributed by atoms with E-state index in [9.17, 15) is 13.2 Å². The fourth-order valence-electron chi connectivity index (χ4n) is 2.33. The van der Waals surface area contributed by atoms with Crippen molar-refractivity contribution < 1.29 is 17.9 Å². The molecule has 0 aliphatic heterocycles. The predicted octanol–water partition coefficient (Wildman–Crippen LogP) is 3.65. The summed E-state index contributed by atoms with van der Waals surface area (Å²) in [6, 6.07) is 5.15. The standard InChI is InChI=1S/C14H15F3N2O.ClH/c15-14(16,17)13-7-12(4-1-9(13)8-18)20-11-5-2-10(19)3-6-11;/h1,4,7,10-11H,2-3,5-6,19H2;1H. The zero-order valence-electron chi connectivity index (χ0n) is 11.2. The molecule has 1 aromatic rings. The number of hydrogen-bond donors (Lipinski definition) is 1. The summed E-state index contributed by atoms with van der Waals surface area (Å²) < 4.78 is 44.0. The molecule has 0 radical (unpaired) electrons. The Bertz CT molecular complexity index is 520. The molecule has 116 valence electrons. The molecule has 0 heterocycles. The number of rotatable bonds is 2. The second kappa shape index (κ2) is 7.01. The van der Waals surface area contributed by atoms with Gasteiger partial charge >= 0.3 is 6.18 Å². The number of hydrogen-bond acceptors (Lipinski definition) is 3. The number of nitriles is 1. The third kappa shape index (κ3) is 4.51. The topological polar surface area (TPSA) is 59.0 Å². The lowest BCUT2D eigenvalue weighted by molar-refractivity contribution is -0.137. The molecular formula is C14H16ClF3N2O. The Balaban J connectivity index is 0.00000220. The van der Waals surface area contributed by atoms with Gasteiger partial charge in [-0.25, -0.2) is 0 Å². The van der Waals surface area contributed by atoms with Gasteiger partial charge in [-0.05, 0) is 43.9 Å². The van der Waals surface area contributed by atoms with Gasteiger partial charge < -0.3 is 10.5 Å². The van der Waals surface area contributed by atoms with E-state index in [1.807, 2.05) is 0 Å². The first-order valence-electron chi connectivity index (χ1n) is 6.43. The van der Waals surface area contributed by atoms with E-state index >= 15 is 0 Å². The van der Waals surface area contributed by atoms with Crippen LogP contribution in [0.25, 0.3) is 0 Å². The fraction of sp³-hybridized carbons (Fsp3) is 0.500. The Labute approximate surface area is 127 Å². The highest BCUT2D eigenvalue weighted by Crippen LogP contribution is 2.35. The normalized spacial score (nSPS) is 22.0. The van der Waals surface area contributed by atoms with Crippen molar-refractivity contribution in [2.75, 3.05) is 0 Å². The van der Waals surface area contributed by atoms with Crippen molar-refractivity contribution in [1.82, 2.24) is 0 Å². The first-order chi connectivity index (χ1) is 9.40. The van der Waals surface area contributed by atoms with Crippen LogP contribution in [0.4, 0.5) is 13.2 Å². The van der Waals surface area contributed by atoms with Gasteiger partial charge in [-0.2, -0.15) is 18.4 Å². The number of nitrogens with two attached hydrogens (primary N) is 1. The summed E-state index contributed by atoms with van der Waals surface area (Å²) in [6.07, 6.45) is -1.56. The molecule has 0 aromatic heterocycles. The van der Waals surface area contributed by atoms with Crippen LogP contribution in [-0.4, -0.2) is 12.1 Å². The molecule has 7 heteroatoms. The maximum atomic E-state index is 12.8. The van der Waals surface area contributed by atoms with Crippen LogP contribution in [0.15, 0.2) is 18.2 Å². The van der Waals surface area contributed by atoms with E-state index in [-0.39, 0.29) is 30.3 Å². The van der Waals surface area contributed by atoms with Crippen molar-refractivity contribution in [2.24, 2.45) is 5.73 Å². The highest BCUT2D eigenvalue weighted by Gasteiger charge is 2.34. The van der Waals surface area contributed by atoms with Crippen LogP contribution in [0.3, 0.4) is 0 Å². The summed E-state index contributed by atoms with van der Waals surface area (Å²) in [4.78, 5) is 0. The highest BCUT2D eigenvalue weighted by atomic mass is 35.5. The predicted molar refractivity (Wildman–Crippen MR) is 74.3 cm³/mol. The zero-order valence-corrected chi connectivity index (χ0v) is 12.0. The van der Waals surface area contributed by atoms with Crippen molar-refractivity contribution in [3.63, 3.8) is 0 Å². The van der Waals surface area contributed by atoms with Crippen molar-refractivity contribution in [1.29, 1.82) is 5.26 Å². The Hall–Kier alpha value is -1.45. The van der Waals surface area contributed by atoms with Crippen LogP contribution in [0.5, 0.6) is 5.75 Å². The van der Waals surface area contributed by atoms with Gasteiger partial charge in [0.2, 0.25) is 0 Å². The van der Waals surface area contributed by atoms with Crippen molar-refractivity contribution in [3.8, 4) is 11.8 Å². The number of benzene rings is 1. The van der Waals surface area contributed by atoms with Gasteiger partial charge in [0.25, 0.3) is 0 Å². The molecule has 0 saturated heterocycles. The highest BCUT2D eigenvalue weighted by molar-refractivity contribution is 5.85. The maximum absolute atomic E-state index is 12.8. The molecule has 0 amide bonds. The zero-order chi connectivity index (χ0) is 14.8. The monoisotopic (exact) mass is 320 g/mol. The fourth-order valence-corrected chi connectivity index (χ4v) is 2.33. The van der Waals surface area contributed by atoms with Gasteiger partial charge in [0.15, 0.2) is 0 Å². The van der Waals surface area contributed by atoms with Crippen LogP contribution >= 0.6 is 12.4 Å². The number of alkyl halides is 3. The molecule has 3 nitrogen and oxygen atoms in total. The molecule has 1 fully saturated rings. The number of nitrogens with zero attached hydrogens (tertiary/aromatic N) is 1. The van der Waals surface area contributed by atoms with E-state index in [1.165, 1.54) is 6.07 Å². The van der Waals surface area contributed by atoms with Gasteiger partial charge in [-0.15, -0.1) is 12.4 Å². The molecule has 1 saturated carbocycles. The first kappa shape index (κ1) is 17.6. The molecule has 1 aliphatic carbocycles. The van der Waals surface area contributed by atoms with Gasteiger partial charge in [0, 0.05) is 6.04 Å². The lowest BCUT2D eigenvalue weighted by Crippen LogP contribution is -2.31. The minimum absolute atomic E-state index is 0. The number of halogens is 4. The molecule has 2 rings (SSSR count). The van der Waals surface area contributed by atoms with Crippen molar-refractivity contribution >= 4 is 12.4 Å². The van der Waals surface area contributed by atoms with Gasteiger partial charge in [0.05, 0.1) is 23.3 Å². The summed E-state index contributed by atoms with van der Waals surface area (Å²) in [7, 11) is 0. The Morgan fingerprint density at radius 1 is 1.19 bits per heavy atom. The van der Waals surface area contributed by atoms with E-state index in [4.69, 9.17) is 15.7 Å². The van der Waals surface area contributed by atoms with Crippen LogP contribution < -0.4 is 10.5 Å². The average molecular weight is 321 g/mol. The molecule has 1 aliphatic rings. The third-order valence-corrected chi connectivity index (χ3v) is 3.44. The molecule has 0 unspecified atom stereocenters. The molecule has 1 aromatic carbocycles. The van der Waals surface area contributed by atoms with Crippen LogP contribution in [0.1, 0.15) is 36.8 Å². The SMILES string of the molecule is Cl.N#Cc1ccc(OC2CCC(N)CC2)cc1C(F)(F)F. The van der Waals surface area contributed by atoms with Gasteiger partial charge in [-0.3, -0.25) is 0 Å². The van der Waals surface area contributed by atoms with E-state index < -0.39 is 17.3 Å². The maximum Gasteiger partial charge on any atom is 0.417 e. The van der Waals surface area contributed by atoms with E-state index in [2.05, 4.69) is 0 Å². The van der Waals surface area contributed by atoms with E-state index in [0.717, 1.165) is 37.8 Å². The molecule has 2 N–H and O–H groups in total. The van der Waals surface area contributed by atoms with E-state index in [0.29, 0.717) is 0 Å². The minimum Gasteiger partial charge on any atom is -0.490 e. The molecule has 0 spiro atoms. The Morgan fingerprint density at radius 3 is 2.33 bits per heavy atom. The summed E-state index contributed by atoms with van der Waals surface area (Å²) in [5.41, 5.74) is 4.42. The second-order valence-corrected chi connectivity index (χ2v) is 4.97. The van der Waals surface area contributed by atoms with Gasteiger partial charge in [-0.1, -0.05) is 0 Å². The van der Waals surface area contributed by atoms with E-state index in [1.54, 1.807) is 6.07 Å². The third-order valence-electron chi connectivity index (χ3n) is 3.44. The number of ether oxygens (including phenoxy) is 1. The second-order valence-electron chi connectivity index (χ2n) is 4.97. The van der Waals surface area contributed by atoms with Crippen molar-refractivity contribution in [3.05, 3.63) is 29.3 Å². The molecule has 0 atom stereocenters. The molecule has 0 bridgehead atoms. The first-order valence-corrected chi connectivity index (χ1v) is 6.43. The minimum atomic E-state index is -4.56. The smallest absolute Gasteiger partial charge is 0.417 e. The summed E-state index contributed by atoms with van der Waals surface area (Å²) >= 11 is 0. The van der Waals surface area contributed by atoms with Crippen LogP contribution in [0.2, 0.25) is 0 Å². The van der Waals surface area contributed by atoms with Gasteiger partial charge in [0.1, 0.15) is 5.75 Å². The Kier molecular flexibility index (Phi) is 5.87. The lowest BCUT2D eigenvalue weighted by Gasteiger charge is -2.27. The quantitative estimate of drug-likeness (QED) is 0.905. The molecular weight excluding hydrogens is 305 g/mol. The van der Waals surface area contributed by atoms with Crippen LogP contribution in [-0.2, 0) is 6.18 Å². The summed E-state index contributed by atoms with van der Waals surface area (Å²) in [5.74, 6) is 0.150. The van der Waals surface area contributed by atoms with Crippen molar-refractivity contribution in [2.45, 2.75) is 44.0 Å². The summed E-state index contributed by atoms with van der Waals surface area (Å²) in [6.45, 7) is 0. The lowest BCUT2D eigenvalue weighted by atomic mass is 9.93. The summed E-state index contributed by atoms with van der Waals surface area (Å²) in [5, 5.41) is 8.72. The Morgan fingerprint density at radius 2 is 1.81 bits per heavy atom. The average Bonchev–Trinajstić information content (AvgIpc) is 2.40. The van der Waals surface area contributed by atoms with Crippen LogP contribution in [0, 0.1) is 11.3 Å². The molecule has 21 heavy (non-hydrogen) atoms.